The van der Waals surface area contributed by atoms with Crippen LogP contribution in [-0.4, -0.2) is 63.9 Å². The molecule has 1 aromatic carbocycles. The number of hydrogen-bond donors (Lipinski definition) is 1. The summed E-state index contributed by atoms with van der Waals surface area (Å²) in [5.74, 6) is -1.75. The van der Waals surface area contributed by atoms with Crippen LogP contribution in [0.25, 0.3) is 10.9 Å². The molecule has 1 aliphatic rings. The number of carbonyl (C=O) groups is 3. The lowest BCUT2D eigenvalue weighted by molar-refractivity contribution is -0.147. The van der Waals surface area contributed by atoms with Gasteiger partial charge in [-0.25, -0.2) is 0 Å². The third-order valence-electron chi connectivity index (χ3n) is 4.91. The number of hydrogen-bond acceptors (Lipinski definition) is 3. The highest BCUT2D eigenvalue weighted by molar-refractivity contribution is 5.87. The molecule has 2 heterocycles. The predicted molar refractivity (Wildman–Crippen MR) is 96.5 cm³/mol. The van der Waals surface area contributed by atoms with Crippen molar-refractivity contribution in [3.63, 3.8) is 0 Å². The molecule has 0 bridgehead atoms. The van der Waals surface area contributed by atoms with E-state index in [4.69, 9.17) is 5.11 Å². The Balaban J connectivity index is 1.58. The smallest absolute Gasteiger partial charge is 0.308 e. The molecule has 3 rings (SSSR count). The molecule has 2 amide bonds. The van der Waals surface area contributed by atoms with Gasteiger partial charge in [0.2, 0.25) is 11.8 Å². The van der Waals surface area contributed by atoms with Crippen molar-refractivity contribution in [1.29, 1.82) is 0 Å². The van der Waals surface area contributed by atoms with Crippen LogP contribution in [-0.2, 0) is 20.9 Å². The number of carboxylic acids is 1. The Morgan fingerprint density at radius 1 is 1.23 bits per heavy atom. The Morgan fingerprint density at radius 2 is 2.00 bits per heavy atom. The van der Waals surface area contributed by atoms with Gasteiger partial charge in [0.25, 0.3) is 0 Å². The number of rotatable bonds is 5. The Bertz CT molecular complexity index is 829. The number of likely N-dealkylation sites (N-methyl/N-ethyl adjacent to an activating group) is 1. The van der Waals surface area contributed by atoms with E-state index in [1.54, 1.807) is 11.9 Å². The van der Waals surface area contributed by atoms with Gasteiger partial charge < -0.3 is 19.5 Å². The van der Waals surface area contributed by atoms with Crippen molar-refractivity contribution in [2.75, 3.05) is 26.7 Å². The van der Waals surface area contributed by atoms with Gasteiger partial charge in [-0.3, -0.25) is 14.4 Å². The average molecular weight is 357 g/mol. The molecule has 1 unspecified atom stereocenters. The zero-order valence-corrected chi connectivity index (χ0v) is 14.8. The summed E-state index contributed by atoms with van der Waals surface area (Å²) >= 11 is 0. The summed E-state index contributed by atoms with van der Waals surface area (Å²) in [6.07, 6.45) is 3.13. The largest absolute Gasteiger partial charge is 0.481 e. The Labute approximate surface area is 151 Å². The van der Waals surface area contributed by atoms with Crippen molar-refractivity contribution in [2.24, 2.45) is 5.92 Å². The summed E-state index contributed by atoms with van der Waals surface area (Å²) in [5.41, 5.74) is 0.973. The average Bonchev–Trinajstić information content (AvgIpc) is 3.04. The van der Waals surface area contributed by atoms with E-state index in [1.807, 2.05) is 41.1 Å². The third-order valence-corrected chi connectivity index (χ3v) is 4.91. The first-order valence-electron chi connectivity index (χ1n) is 8.74. The number of likely N-dealkylation sites (tertiary alicyclic amines) is 1. The molecule has 26 heavy (non-hydrogen) atoms. The van der Waals surface area contributed by atoms with Gasteiger partial charge in [0.15, 0.2) is 0 Å². The lowest BCUT2D eigenvalue weighted by Crippen LogP contribution is -2.47. The Hall–Kier alpha value is -2.83. The van der Waals surface area contributed by atoms with Crippen LogP contribution >= 0.6 is 0 Å². The van der Waals surface area contributed by atoms with Crippen molar-refractivity contribution in [1.82, 2.24) is 14.4 Å². The zero-order chi connectivity index (χ0) is 18.7. The van der Waals surface area contributed by atoms with E-state index in [0.717, 1.165) is 10.9 Å². The molecule has 1 aliphatic heterocycles. The van der Waals surface area contributed by atoms with Gasteiger partial charge in [0.1, 0.15) is 6.54 Å². The predicted octanol–water partition coefficient (Wildman–Crippen LogP) is 1.42. The highest BCUT2D eigenvalue weighted by Gasteiger charge is 2.29. The Morgan fingerprint density at radius 3 is 2.77 bits per heavy atom. The molecule has 1 N–H and O–H groups in total. The van der Waals surface area contributed by atoms with Crippen molar-refractivity contribution >= 4 is 28.7 Å². The third kappa shape index (κ3) is 3.87. The Kier molecular flexibility index (Phi) is 5.25. The molecule has 0 spiro atoms. The van der Waals surface area contributed by atoms with Gasteiger partial charge in [-0.15, -0.1) is 0 Å². The maximum absolute atomic E-state index is 12.5. The van der Waals surface area contributed by atoms with E-state index in [-0.39, 0.29) is 31.4 Å². The first-order chi connectivity index (χ1) is 12.5. The second-order valence-corrected chi connectivity index (χ2v) is 6.77. The van der Waals surface area contributed by atoms with Gasteiger partial charge >= 0.3 is 5.97 Å². The van der Waals surface area contributed by atoms with Crippen LogP contribution in [0.1, 0.15) is 12.8 Å². The standard InChI is InChI=1S/C19H23N3O4/c1-20(12-18(24)22-9-4-6-15(11-22)19(25)26)17(23)13-21-10-8-14-5-2-3-7-16(14)21/h2-3,5,7-8,10,15H,4,6,9,11-13H2,1H3,(H,25,26). The molecule has 1 aromatic heterocycles. The van der Waals surface area contributed by atoms with Crippen LogP contribution in [0.5, 0.6) is 0 Å². The number of aliphatic carboxylic acids is 1. The van der Waals surface area contributed by atoms with Crippen LogP contribution in [0.4, 0.5) is 0 Å². The normalized spacial score (nSPS) is 17.3. The van der Waals surface area contributed by atoms with E-state index in [2.05, 4.69) is 0 Å². The van der Waals surface area contributed by atoms with E-state index in [9.17, 15) is 14.4 Å². The van der Waals surface area contributed by atoms with E-state index in [0.29, 0.717) is 19.4 Å². The molecule has 1 atom stereocenters. The monoisotopic (exact) mass is 357 g/mol. The van der Waals surface area contributed by atoms with Crippen molar-refractivity contribution < 1.29 is 19.5 Å². The second kappa shape index (κ2) is 7.59. The number of carbonyl (C=O) groups excluding carboxylic acids is 2. The summed E-state index contributed by atoms with van der Waals surface area (Å²) in [6.45, 7) is 0.894. The van der Waals surface area contributed by atoms with Crippen LogP contribution in [0.2, 0.25) is 0 Å². The highest BCUT2D eigenvalue weighted by atomic mass is 16.4. The van der Waals surface area contributed by atoms with Crippen LogP contribution in [0.3, 0.4) is 0 Å². The molecule has 1 saturated heterocycles. The number of carboxylic acid groups (broad SMARTS) is 1. The molecular formula is C19H23N3O4. The SMILES string of the molecule is CN(CC(=O)N1CCCC(C(=O)O)C1)C(=O)Cn1ccc2ccccc21. The first kappa shape index (κ1) is 18.0. The summed E-state index contributed by atoms with van der Waals surface area (Å²) in [4.78, 5) is 39.0. The minimum atomic E-state index is -0.869. The summed E-state index contributed by atoms with van der Waals surface area (Å²) in [5, 5.41) is 10.2. The number of piperidine rings is 1. The molecule has 1 fully saturated rings. The number of nitrogens with zero attached hydrogens (tertiary/aromatic N) is 3. The number of benzene rings is 1. The van der Waals surface area contributed by atoms with E-state index in [1.165, 1.54) is 4.90 Å². The minimum absolute atomic E-state index is 0.0373. The number of aromatic nitrogens is 1. The number of fused-ring (bicyclic) bond motifs is 1. The number of para-hydroxylation sites is 1. The van der Waals surface area contributed by atoms with Crippen molar-refractivity contribution in [3.8, 4) is 0 Å². The molecule has 138 valence electrons. The van der Waals surface area contributed by atoms with Gasteiger partial charge in [-0.1, -0.05) is 18.2 Å². The highest BCUT2D eigenvalue weighted by Crippen LogP contribution is 2.17. The van der Waals surface area contributed by atoms with Crippen molar-refractivity contribution in [3.05, 3.63) is 36.5 Å². The molecule has 7 heteroatoms. The van der Waals surface area contributed by atoms with Crippen LogP contribution in [0.15, 0.2) is 36.5 Å². The number of amides is 2. The molecule has 0 aliphatic carbocycles. The minimum Gasteiger partial charge on any atom is -0.481 e. The van der Waals surface area contributed by atoms with E-state index < -0.39 is 11.9 Å². The molecule has 0 saturated carbocycles. The summed E-state index contributed by atoms with van der Waals surface area (Å²) in [6, 6.07) is 9.76. The lowest BCUT2D eigenvalue weighted by atomic mass is 9.98. The molecular weight excluding hydrogens is 334 g/mol. The fourth-order valence-electron chi connectivity index (χ4n) is 3.34. The maximum Gasteiger partial charge on any atom is 0.308 e. The lowest BCUT2D eigenvalue weighted by Gasteiger charge is -2.32. The van der Waals surface area contributed by atoms with Gasteiger partial charge in [0, 0.05) is 31.9 Å². The summed E-state index contributed by atoms with van der Waals surface area (Å²) < 4.78 is 1.86. The quantitative estimate of drug-likeness (QED) is 0.877. The molecule has 0 radical (unpaired) electrons. The van der Waals surface area contributed by atoms with Crippen LogP contribution < -0.4 is 0 Å². The van der Waals surface area contributed by atoms with E-state index >= 15 is 0 Å². The summed E-state index contributed by atoms with van der Waals surface area (Å²) in [7, 11) is 1.60. The topological polar surface area (TPSA) is 82.9 Å². The second-order valence-electron chi connectivity index (χ2n) is 6.77. The first-order valence-corrected chi connectivity index (χ1v) is 8.74. The van der Waals surface area contributed by atoms with Gasteiger partial charge in [-0.05, 0) is 30.4 Å². The molecule has 7 nitrogen and oxygen atoms in total. The van der Waals surface area contributed by atoms with Gasteiger partial charge in [0.05, 0.1) is 12.5 Å². The fraction of sp³-hybridized carbons (Fsp3) is 0.421. The zero-order valence-electron chi connectivity index (χ0n) is 14.8. The fourth-order valence-corrected chi connectivity index (χ4v) is 3.34. The van der Waals surface area contributed by atoms with Gasteiger partial charge in [-0.2, -0.15) is 0 Å². The maximum atomic E-state index is 12.5. The molecule has 2 aromatic rings. The van der Waals surface area contributed by atoms with Crippen molar-refractivity contribution in [2.45, 2.75) is 19.4 Å². The van der Waals surface area contributed by atoms with Crippen LogP contribution in [0, 0.1) is 5.92 Å².